The summed E-state index contributed by atoms with van der Waals surface area (Å²) >= 11 is 0. The molecule has 0 saturated heterocycles. The predicted molar refractivity (Wildman–Crippen MR) is 68.7 cm³/mol. The van der Waals surface area contributed by atoms with E-state index in [1.807, 2.05) is 13.1 Å². The Balaban J connectivity index is 2.03. The monoisotopic (exact) mass is 250 g/mol. The molecule has 2 rings (SSSR count). The molecule has 1 N–H and O–H groups in total. The smallest absolute Gasteiger partial charge is 0.311 e. The maximum absolute atomic E-state index is 11.0. The van der Waals surface area contributed by atoms with Crippen LogP contribution in [0.3, 0.4) is 0 Å². The molecular formula is C13H18N2O3. The fourth-order valence-corrected chi connectivity index (χ4v) is 1.88. The summed E-state index contributed by atoms with van der Waals surface area (Å²) in [5.74, 6) is 1.15. The molecule has 0 unspecified atom stereocenters. The highest BCUT2D eigenvalue weighted by Crippen LogP contribution is 2.33. The largest absolute Gasteiger partial charge is 0.487 e. The van der Waals surface area contributed by atoms with E-state index in [-0.39, 0.29) is 10.6 Å². The maximum Gasteiger partial charge on any atom is 0.311 e. The molecule has 0 aliphatic heterocycles. The SMILES string of the molecule is CNCc1ccc(OCCC2CC2)c([N+](=O)[O-])c1. The fourth-order valence-electron chi connectivity index (χ4n) is 1.88. The molecule has 0 bridgehead atoms. The van der Waals surface area contributed by atoms with Crippen LogP contribution in [-0.4, -0.2) is 18.6 Å². The van der Waals surface area contributed by atoms with Crippen LogP contribution in [0.25, 0.3) is 0 Å². The molecule has 5 heteroatoms. The first-order valence-corrected chi connectivity index (χ1v) is 6.25. The van der Waals surface area contributed by atoms with Gasteiger partial charge in [0.25, 0.3) is 0 Å². The van der Waals surface area contributed by atoms with Crippen molar-refractivity contribution in [2.75, 3.05) is 13.7 Å². The second-order valence-electron chi connectivity index (χ2n) is 4.67. The summed E-state index contributed by atoms with van der Waals surface area (Å²) < 4.78 is 5.52. The third-order valence-corrected chi connectivity index (χ3v) is 3.08. The van der Waals surface area contributed by atoms with Crippen LogP contribution in [0.5, 0.6) is 5.75 Å². The van der Waals surface area contributed by atoms with E-state index in [0.717, 1.165) is 17.9 Å². The summed E-state index contributed by atoms with van der Waals surface area (Å²) in [6, 6.07) is 5.12. The highest BCUT2D eigenvalue weighted by Gasteiger charge is 2.22. The van der Waals surface area contributed by atoms with Gasteiger partial charge in [0.1, 0.15) is 0 Å². The van der Waals surface area contributed by atoms with Crippen molar-refractivity contribution in [3.63, 3.8) is 0 Å². The fraction of sp³-hybridized carbons (Fsp3) is 0.538. The molecule has 1 aliphatic rings. The standard InChI is InChI=1S/C13H18N2O3/c1-14-9-11-4-5-13(12(8-11)15(16)17)18-7-6-10-2-3-10/h4-5,8,10,14H,2-3,6-7,9H2,1H3. The van der Waals surface area contributed by atoms with Crippen LogP contribution in [0.2, 0.25) is 0 Å². The molecule has 0 atom stereocenters. The Bertz CT molecular complexity index is 430. The summed E-state index contributed by atoms with van der Waals surface area (Å²) in [5, 5.41) is 14.0. The molecule has 1 aliphatic carbocycles. The first-order chi connectivity index (χ1) is 8.70. The normalized spacial score (nSPS) is 14.5. The predicted octanol–water partition coefficient (Wildman–Crippen LogP) is 2.49. The minimum atomic E-state index is -0.383. The molecule has 0 heterocycles. The molecule has 0 radical (unpaired) electrons. The first-order valence-electron chi connectivity index (χ1n) is 6.25. The van der Waals surface area contributed by atoms with Gasteiger partial charge in [-0.2, -0.15) is 0 Å². The van der Waals surface area contributed by atoms with Gasteiger partial charge in [0.15, 0.2) is 5.75 Å². The van der Waals surface area contributed by atoms with E-state index in [9.17, 15) is 10.1 Å². The van der Waals surface area contributed by atoms with Crippen LogP contribution in [0, 0.1) is 16.0 Å². The second-order valence-corrected chi connectivity index (χ2v) is 4.67. The Hall–Kier alpha value is -1.62. The zero-order chi connectivity index (χ0) is 13.0. The average molecular weight is 250 g/mol. The molecule has 98 valence electrons. The van der Waals surface area contributed by atoms with Crippen LogP contribution in [0.1, 0.15) is 24.8 Å². The minimum Gasteiger partial charge on any atom is -0.487 e. The van der Waals surface area contributed by atoms with Gasteiger partial charge in [0.2, 0.25) is 0 Å². The molecule has 0 amide bonds. The Kier molecular flexibility index (Phi) is 4.15. The highest BCUT2D eigenvalue weighted by atomic mass is 16.6. The van der Waals surface area contributed by atoms with E-state index < -0.39 is 0 Å². The van der Waals surface area contributed by atoms with E-state index in [4.69, 9.17) is 4.74 Å². The van der Waals surface area contributed by atoms with Crippen molar-refractivity contribution < 1.29 is 9.66 Å². The lowest BCUT2D eigenvalue weighted by Gasteiger charge is -2.08. The average Bonchev–Trinajstić information content (AvgIpc) is 3.15. The molecular weight excluding hydrogens is 232 g/mol. The van der Waals surface area contributed by atoms with Gasteiger partial charge in [-0.3, -0.25) is 10.1 Å². The number of nitro benzene ring substituents is 1. The number of benzene rings is 1. The molecule has 18 heavy (non-hydrogen) atoms. The molecule has 1 aromatic rings. The van der Waals surface area contributed by atoms with Crippen molar-refractivity contribution in [3.8, 4) is 5.75 Å². The van der Waals surface area contributed by atoms with Gasteiger partial charge in [-0.25, -0.2) is 0 Å². The van der Waals surface area contributed by atoms with E-state index >= 15 is 0 Å². The van der Waals surface area contributed by atoms with Gasteiger partial charge in [-0.15, -0.1) is 0 Å². The van der Waals surface area contributed by atoms with Gasteiger partial charge in [0.05, 0.1) is 11.5 Å². The number of hydrogen-bond donors (Lipinski definition) is 1. The highest BCUT2D eigenvalue weighted by molar-refractivity contribution is 5.48. The van der Waals surface area contributed by atoms with E-state index in [2.05, 4.69) is 5.32 Å². The zero-order valence-corrected chi connectivity index (χ0v) is 10.5. The third-order valence-electron chi connectivity index (χ3n) is 3.08. The summed E-state index contributed by atoms with van der Waals surface area (Å²) in [7, 11) is 1.81. The number of nitrogens with one attached hydrogen (secondary N) is 1. The topological polar surface area (TPSA) is 64.4 Å². The van der Waals surface area contributed by atoms with Crippen LogP contribution in [0.4, 0.5) is 5.69 Å². The van der Waals surface area contributed by atoms with Crippen LogP contribution in [0.15, 0.2) is 18.2 Å². The summed E-state index contributed by atoms with van der Waals surface area (Å²) in [6.07, 6.45) is 3.54. The van der Waals surface area contributed by atoms with E-state index in [0.29, 0.717) is 18.9 Å². The van der Waals surface area contributed by atoms with Crippen molar-refractivity contribution in [1.29, 1.82) is 0 Å². The van der Waals surface area contributed by atoms with Crippen molar-refractivity contribution in [2.24, 2.45) is 5.92 Å². The van der Waals surface area contributed by atoms with E-state index in [1.165, 1.54) is 12.8 Å². The van der Waals surface area contributed by atoms with Crippen molar-refractivity contribution >= 4 is 5.69 Å². The summed E-state index contributed by atoms with van der Waals surface area (Å²) in [5.41, 5.74) is 0.942. The number of hydrogen-bond acceptors (Lipinski definition) is 4. The Morgan fingerprint density at radius 2 is 2.28 bits per heavy atom. The van der Waals surface area contributed by atoms with Crippen molar-refractivity contribution in [3.05, 3.63) is 33.9 Å². The molecule has 0 aromatic heterocycles. The van der Waals surface area contributed by atoms with Crippen LogP contribution in [-0.2, 0) is 6.54 Å². The van der Waals surface area contributed by atoms with Gasteiger partial charge >= 0.3 is 5.69 Å². The van der Waals surface area contributed by atoms with Gasteiger partial charge in [-0.05, 0) is 31.0 Å². The Labute approximate surface area is 106 Å². The minimum absolute atomic E-state index is 0.0542. The quantitative estimate of drug-likeness (QED) is 0.596. The zero-order valence-electron chi connectivity index (χ0n) is 10.5. The summed E-state index contributed by atoms with van der Waals surface area (Å²) in [4.78, 5) is 10.6. The maximum atomic E-state index is 11.0. The number of rotatable bonds is 7. The molecule has 0 spiro atoms. The third kappa shape index (κ3) is 3.43. The van der Waals surface area contributed by atoms with Crippen molar-refractivity contribution in [2.45, 2.75) is 25.8 Å². The first kappa shape index (κ1) is 12.8. The summed E-state index contributed by atoms with van der Waals surface area (Å²) in [6.45, 7) is 1.18. The van der Waals surface area contributed by atoms with E-state index in [1.54, 1.807) is 12.1 Å². The van der Waals surface area contributed by atoms with Crippen molar-refractivity contribution in [1.82, 2.24) is 5.32 Å². The Morgan fingerprint density at radius 3 is 2.89 bits per heavy atom. The van der Waals surface area contributed by atoms with Gasteiger partial charge < -0.3 is 10.1 Å². The molecule has 1 saturated carbocycles. The number of nitro groups is 1. The number of ether oxygens (including phenoxy) is 1. The lowest BCUT2D eigenvalue weighted by molar-refractivity contribution is -0.385. The van der Waals surface area contributed by atoms with Gasteiger partial charge in [0, 0.05) is 12.6 Å². The molecule has 1 aromatic carbocycles. The Morgan fingerprint density at radius 1 is 1.50 bits per heavy atom. The van der Waals surface area contributed by atoms with Crippen LogP contribution >= 0.6 is 0 Å². The molecule has 1 fully saturated rings. The second kappa shape index (κ2) is 5.82. The molecule has 5 nitrogen and oxygen atoms in total. The van der Waals surface area contributed by atoms with Crippen LogP contribution < -0.4 is 10.1 Å². The lowest BCUT2D eigenvalue weighted by atomic mass is 10.2. The lowest BCUT2D eigenvalue weighted by Crippen LogP contribution is -2.06. The van der Waals surface area contributed by atoms with Gasteiger partial charge in [-0.1, -0.05) is 18.9 Å². The number of nitrogens with zero attached hydrogens (tertiary/aromatic N) is 1.